The Labute approximate surface area is 219 Å². The molecule has 0 aromatic carbocycles. The first-order chi connectivity index (χ1) is 16.5. The maximum absolute atomic E-state index is 12.8. The Bertz CT molecular complexity index is 992. The predicted molar refractivity (Wildman–Crippen MR) is 142 cm³/mol. The van der Waals surface area contributed by atoms with Crippen LogP contribution in [0.15, 0.2) is 11.6 Å². The largest absolute Gasteiger partial charge is 0.481 e. The number of rotatable bonds is 2. The number of hydrogen-bond donors (Lipinski definition) is 1. The Balaban J connectivity index is 1.55. The Morgan fingerprint density at radius 2 is 1.56 bits per heavy atom. The van der Waals surface area contributed by atoms with Crippen molar-refractivity contribution in [1.82, 2.24) is 0 Å². The minimum absolute atomic E-state index is 0.00181. The van der Waals surface area contributed by atoms with Gasteiger partial charge in [0.15, 0.2) is 0 Å². The smallest absolute Gasteiger partial charge is 0.310 e. The van der Waals surface area contributed by atoms with E-state index >= 15 is 0 Å². The maximum Gasteiger partial charge on any atom is 0.310 e. The van der Waals surface area contributed by atoms with E-state index in [0.717, 1.165) is 57.8 Å². The fourth-order valence-corrected chi connectivity index (χ4v) is 11.0. The Hall–Kier alpha value is -1.32. The molecule has 0 spiro atoms. The van der Waals surface area contributed by atoms with Crippen LogP contribution in [0, 0.1) is 50.2 Å². The summed E-state index contributed by atoms with van der Waals surface area (Å²) in [6.45, 7) is 18.5. The molecule has 5 aliphatic rings. The van der Waals surface area contributed by atoms with Crippen LogP contribution in [0.1, 0.15) is 120 Å². The number of fused-ring (bicyclic) bond motifs is 7. The van der Waals surface area contributed by atoms with Crippen molar-refractivity contribution >= 4 is 11.9 Å². The van der Waals surface area contributed by atoms with Crippen LogP contribution in [-0.4, -0.2) is 23.1 Å². The third-order valence-corrected chi connectivity index (χ3v) is 13.3. The number of esters is 1. The van der Waals surface area contributed by atoms with Gasteiger partial charge in [-0.05, 0) is 104 Å². The lowest BCUT2D eigenvalue weighted by Crippen LogP contribution is -2.65. The molecule has 4 saturated carbocycles. The third-order valence-electron chi connectivity index (χ3n) is 13.3. The second-order valence-electron chi connectivity index (χ2n) is 15.6. The van der Waals surface area contributed by atoms with E-state index in [0.29, 0.717) is 11.8 Å². The molecule has 4 fully saturated rings. The standard InChI is InChI=1S/C32H50O4/c1-20(33)36-25-12-13-29(6)23(28(25,4)5)11-14-31(8)24(29)10-9-21-22-19-27(2,3)15-17-32(22,26(34)35)18-16-30(21,31)7/h9,22-25H,10-19H2,1-8H3,(H,34,35)/t22-,23+,24-,25+,29-,30+,31+,32+/m1/s1. The molecule has 0 saturated heterocycles. The molecule has 0 aliphatic heterocycles. The fourth-order valence-electron chi connectivity index (χ4n) is 11.0. The summed E-state index contributed by atoms with van der Waals surface area (Å²) in [4.78, 5) is 24.7. The van der Waals surface area contributed by atoms with Gasteiger partial charge in [-0.15, -0.1) is 0 Å². The second kappa shape index (κ2) is 7.85. The molecule has 5 rings (SSSR count). The van der Waals surface area contributed by atoms with Crippen molar-refractivity contribution in [3.8, 4) is 0 Å². The zero-order valence-electron chi connectivity index (χ0n) is 24.1. The zero-order chi connectivity index (χ0) is 26.5. The number of carbonyl (C=O) groups is 2. The van der Waals surface area contributed by atoms with Gasteiger partial charge in [0.1, 0.15) is 6.10 Å². The van der Waals surface area contributed by atoms with Gasteiger partial charge < -0.3 is 9.84 Å². The molecule has 4 nitrogen and oxygen atoms in total. The maximum atomic E-state index is 12.8. The van der Waals surface area contributed by atoms with E-state index in [1.165, 1.54) is 12.0 Å². The Morgan fingerprint density at radius 1 is 0.889 bits per heavy atom. The Morgan fingerprint density at radius 3 is 2.19 bits per heavy atom. The number of ether oxygens (including phenoxy) is 1. The first-order valence-electron chi connectivity index (χ1n) is 14.6. The fraction of sp³-hybridized carbons (Fsp3) is 0.875. The first-order valence-corrected chi connectivity index (χ1v) is 14.6. The first kappa shape index (κ1) is 26.3. The van der Waals surface area contributed by atoms with Gasteiger partial charge in [-0.25, -0.2) is 0 Å². The molecule has 1 N–H and O–H groups in total. The third kappa shape index (κ3) is 3.30. The summed E-state index contributed by atoms with van der Waals surface area (Å²) in [5.74, 6) is 0.546. The number of carboxylic acids is 1. The molecule has 0 amide bonds. The van der Waals surface area contributed by atoms with Crippen molar-refractivity contribution in [2.45, 2.75) is 126 Å². The van der Waals surface area contributed by atoms with Crippen molar-refractivity contribution in [2.24, 2.45) is 50.2 Å². The van der Waals surface area contributed by atoms with E-state index in [-0.39, 0.29) is 45.1 Å². The van der Waals surface area contributed by atoms with Gasteiger partial charge in [0.25, 0.3) is 0 Å². The lowest BCUT2D eigenvalue weighted by molar-refractivity contribution is -0.213. The van der Waals surface area contributed by atoms with E-state index < -0.39 is 11.4 Å². The number of allylic oxidation sites excluding steroid dienone is 2. The van der Waals surface area contributed by atoms with E-state index in [1.54, 1.807) is 6.92 Å². The number of hydrogen-bond acceptors (Lipinski definition) is 3. The van der Waals surface area contributed by atoms with Crippen LogP contribution in [0.2, 0.25) is 0 Å². The second-order valence-corrected chi connectivity index (χ2v) is 15.6. The Kier molecular flexibility index (Phi) is 5.74. The highest BCUT2D eigenvalue weighted by Gasteiger charge is 2.69. The van der Waals surface area contributed by atoms with Crippen molar-refractivity contribution in [3.05, 3.63) is 11.6 Å². The average Bonchev–Trinajstić information content (AvgIpc) is 2.75. The van der Waals surface area contributed by atoms with Crippen LogP contribution in [0.3, 0.4) is 0 Å². The van der Waals surface area contributed by atoms with Crippen LogP contribution in [-0.2, 0) is 14.3 Å². The molecule has 5 aliphatic carbocycles. The van der Waals surface area contributed by atoms with Gasteiger partial charge >= 0.3 is 11.9 Å². The summed E-state index contributed by atoms with van der Waals surface area (Å²) in [6, 6.07) is 0. The predicted octanol–water partition coefficient (Wildman–Crippen LogP) is 7.80. The van der Waals surface area contributed by atoms with Crippen molar-refractivity contribution < 1.29 is 19.4 Å². The van der Waals surface area contributed by atoms with Gasteiger partial charge in [-0.1, -0.05) is 60.1 Å². The molecule has 0 unspecified atom stereocenters. The summed E-state index contributed by atoms with van der Waals surface area (Å²) < 4.78 is 5.87. The molecule has 0 radical (unpaired) electrons. The van der Waals surface area contributed by atoms with Gasteiger partial charge in [-0.3, -0.25) is 9.59 Å². The monoisotopic (exact) mass is 498 g/mol. The van der Waals surface area contributed by atoms with E-state index in [4.69, 9.17) is 4.74 Å². The summed E-state index contributed by atoms with van der Waals surface area (Å²) >= 11 is 0. The SMILES string of the molecule is CC(=O)O[C@H]1CC[C@@]2(C)[C@H]3CC=C4[C@H]5CC(C)(C)CC[C@]5(C(=O)O)CC[C@]4(C)[C@@]3(C)CC[C@H]2C1(C)C. The van der Waals surface area contributed by atoms with Crippen LogP contribution in [0.25, 0.3) is 0 Å². The van der Waals surface area contributed by atoms with Gasteiger partial charge in [0.2, 0.25) is 0 Å². The van der Waals surface area contributed by atoms with Crippen LogP contribution < -0.4 is 0 Å². The van der Waals surface area contributed by atoms with Gasteiger partial charge in [0, 0.05) is 12.3 Å². The van der Waals surface area contributed by atoms with Crippen LogP contribution in [0.4, 0.5) is 0 Å². The lowest BCUT2D eigenvalue weighted by Gasteiger charge is -2.71. The normalized spacial score (nSPS) is 48.8. The molecule has 4 heteroatoms. The molecule has 0 aromatic heterocycles. The van der Waals surface area contributed by atoms with Gasteiger partial charge in [-0.2, -0.15) is 0 Å². The van der Waals surface area contributed by atoms with E-state index in [1.807, 2.05) is 0 Å². The highest BCUT2D eigenvalue weighted by Crippen LogP contribution is 2.75. The molecular weight excluding hydrogens is 448 g/mol. The highest BCUT2D eigenvalue weighted by atomic mass is 16.5. The summed E-state index contributed by atoms with van der Waals surface area (Å²) in [7, 11) is 0. The molecule has 0 bridgehead atoms. The molecular formula is C32H50O4. The summed E-state index contributed by atoms with van der Waals surface area (Å²) in [5, 5.41) is 10.5. The molecule has 0 aromatic rings. The molecule has 36 heavy (non-hydrogen) atoms. The quantitative estimate of drug-likeness (QED) is 0.311. The van der Waals surface area contributed by atoms with Crippen LogP contribution in [0.5, 0.6) is 0 Å². The van der Waals surface area contributed by atoms with E-state index in [2.05, 4.69) is 54.5 Å². The number of carboxylic acid groups (broad SMARTS) is 1. The average molecular weight is 499 g/mol. The van der Waals surface area contributed by atoms with Crippen LogP contribution >= 0.6 is 0 Å². The molecule has 0 heterocycles. The van der Waals surface area contributed by atoms with Gasteiger partial charge in [0.05, 0.1) is 5.41 Å². The highest BCUT2D eigenvalue weighted by molar-refractivity contribution is 5.76. The minimum atomic E-state index is -0.574. The van der Waals surface area contributed by atoms with E-state index in [9.17, 15) is 14.7 Å². The summed E-state index contributed by atoms with van der Waals surface area (Å²) in [5.41, 5.74) is 1.50. The van der Waals surface area contributed by atoms with Crippen molar-refractivity contribution in [1.29, 1.82) is 0 Å². The molecule has 202 valence electrons. The zero-order valence-corrected chi connectivity index (χ0v) is 24.1. The summed E-state index contributed by atoms with van der Waals surface area (Å²) in [6.07, 6.45) is 12.6. The number of carbonyl (C=O) groups excluding carboxylic acids is 1. The lowest BCUT2D eigenvalue weighted by atomic mass is 9.33. The van der Waals surface area contributed by atoms with Crippen molar-refractivity contribution in [3.63, 3.8) is 0 Å². The van der Waals surface area contributed by atoms with Crippen molar-refractivity contribution in [2.75, 3.05) is 0 Å². The minimum Gasteiger partial charge on any atom is -0.481 e. The number of aliphatic carboxylic acids is 1. The topological polar surface area (TPSA) is 63.6 Å². The molecule has 8 atom stereocenters.